The van der Waals surface area contributed by atoms with Crippen LogP contribution in [0.4, 0.5) is 0 Å². The van der Waals surface area contributed by atoms with Crippen molar-refractivity contribution in [2.24, 2.45) is 0 Å². The minimum atomic E-state index is 0.704. The first-order valence-corrected chi connectivity index (χ1v) is 5.05. The molecule has 0 atom stereocenters. The standard InChI is InChI=1S/C10H16ClN2/c1-12(8-5-11)9-10-13-6-3-2-4-7-13/h2-4,6-7H,5,8-10H2,1H3/q+1. The fraction of sp³-hybridized carbons (Fsp3) is 0.500. The molecule has 0 spiro atoms. The van der Waals surface area contributed by atoms with Crippen LogP contribution in [-0.2, 0) is 6.54 Å². The number of halogens is 1. The van der Waals surface area contributed by atoms with Crippen molar-refractivity contribution in [2.45, 2.75) is 6.54 Å². The van der Waals surface area contributed by atoms with E-state index < -0.39 is 0 Å². The first-order chi connectivity index (χ1) is 6.33. The van der Waals surface area contributed by atoms with Crippen molar-refractivity contribution in [1.29, 1.82) is 0 Å². The number of pyridine rings is 1. The average molecular weight is 200 g/mol. The van der Waals surface area contributed by atoms with Crippen molar-refractivity contribution >= 4 is 11.6 Å². The largest absolute Gasteiger partial charge is 0.299 e. The van der Waals surface area contributed by atoms with E-state index in [1.807, 2.05) is 18.2 Å². The summed E-state index contributed by atoms with van der Waals surface area (Å²) in [6.07, 6.45) is 4.16. The van der Waals surface area contributed by atoms with Crippen LogP contribution in [0.2, 0.25) is 0 Å². The van der Waals surface area contributed by atoms with Gasteiger partial charge >= 0.3 is 0 Å². The van der Waals surface area contributed by atoms with E-state index >= 15 is 0 Å². The molecule has 0 saturated carbocycles. The Morgan fingerprint density at radius 2 is 1.85 bits per heavy atom. The molecule has 72 valence electrons. The van der Waals surface area contributed by atoms with E-state index in [2.05, 4.69) is 28.9 Å². The monoisotopic (exact) mass is 199 g/mol. The molecular formula is C10H16ClN2+. The van der Waals surface area contributed by atoms with Crippen molar-refractivity contribution in [1.82, 2.24) is 4.90 Å². The molecule has 1 aromatic rings. The number of hydrogen-bond acceptors (Lipinski definition) is 1. The Morgan fingerprint density at radius 3 is 2.46 bits per heavy atom. The molecule has 0 unspecified atom stereocenters. The predicted molar refractivity (Wildman–Crippen MR) is 54.9 cm³/mol. The Hall–Kier alpha value is -0.600. The Bertz CT molecular complexity index is 226. The minimum absolute atomic E-state index is 0.704. The van der Waals surface area contributed by atoms with E-state index in [9.17, 15) is 0 Å². The fourth-order valence-corrected chi connectivity index (χ4v) is 1.41. The van der Waals surface area contributed by atoms with Gasteiger partial charge in [0.05, 0.1) is 6.54 Å². The lowest BCUT2D eigenvalue weighted by Gasteiger charge is -2.11. The van der Waals surface area contributed by atoms with Gasteiger partial charge in [-0.2, -0.15) is 0 Å². The molecule has 1 rings (SSSR count). The second-order valence-electron chi connectivity index (χ2n) is 3.11. The van der Waals surface area contributed by atoms with E-state index in [0.717, 1.165) is 19.6 Å². The summed E-state index contributed by atoms with van der Waals surface area (Å²) < 4.78 is 2.17. The maximum atomic E-state index is 5.63. The van der Waals surface area contributed by atoms with Gasteiger partial charge in [-0.1, -0.05) is 6.07 Å². The highest BCUT2D eigenvalue weighted by Gasteiger charge is 2.01. The highest BCUT2D eigenvalue weighted by Crippen LogP contribution is 1.84. The summed E-state index contributed by atoms with van der Waals surface area (Å²) in [6.45, 7) is 3.02. The molecule has 1 heterocycles. The van der Waals surface area contributed by atoms with Gasteiger partial charge in [0, 0.05) is 24.6 Å². The molecule has 1 aromatic heterocycles. The number of likely N-dealkylation sites (N-methyl/N-ethyl adjacent to an activating group) is 1. The van der Waals surface area contributed by atoms with Crippen molar-refractivity contribution in [2.75, 3.05) is 26.0 Å². The molecular weight excluding hydrogens is 184 g/mol. The third-order valence-electron chi connectivity index (χ3n) is 1.98. The minimum Gasteiger partial charge on any atom is -0.299 e. The number of rotatable bonds is 5. The molecule has 0 bridgehead atoms. The van der Waals surface area contributed by atoms with E-state index in [1.165, 1.54) is 0 Å². The molecule has 13 heavy (non-hydrogen) atoms. The van der Waals surface area contributed by atoms with Crippen LogP contribution in [0.3, 0.4) is 0 Å². The number of aromatic nitrogens is 1. The second-order valence-corrected chi connectivity index (χ2v) is 3.48. The SMILES string of the molecule is CN(CCCl)CC[n+]1ccccc1. The molecule has 2 nitrogen and oxygen atoms in total. The van der Waals surface area contributed by atoms with E-state index in [4.69, 9.17) is 11.6 Å². The lowest BCUT2D eigenvalue weighted by molar-refractivity contribution is -0.696. The Morgan fingerprint density at radius 1 is 1.15 bits per heavy atom. The van der Waals surface area contributed by atoms with Crippen LogP contribution in [0.15, 0.2) is 30.6 Å². The summed E-state index contributed by atoms with van der Waals surface area (Å²) in [4.78, 5) is 2.23. The third-order valence-corrected chi connectivity index (χ3v) is 2.15. The quantitative estimate of drug-likeness (QED) is 0.510. The molecule has 0 amide bonds. The van der Waals surface area contributed by atoms with Crippen molar-refractivity contribution in [3.8, 4) is 0 Å². The van der Waals surface area contributed by atoms with Gasteiger partial charge in [0.25, 0.3) is 0 Å². The first kappa shape index (κ1) is 10.5. The Labute approximate surface area is 84.7 Å². The summed E-state index contributed by atoms with van der Waals surface area (Å²) in [6, 6.07) is 6.11. The van der Waals surface area contributed by atoms with Gasteiger partial charge in [-0.05, 0) is 7.05 Å². The predicted octanol–water partition coefficient (Wildman–Crippen LogP) is 1.14. The van der Waals surface area contributed by atoms with E-state index in [0.29, 0.717) is 5.88 Å². The van der Waals surface area contributed by atoms with Crippen molar-refractivity contribution in [3.05, 3.63) is 30.6 Å². The molecule has 0 aliphatic rings. The highest BCUT2D eigenvalue weighted by atomic mass is 35.5. The number of hydrogen-bond donors (Lipinski definition) is 0. The van der Waals surface area contributed by atoms with Crippen LogP contribution < -0.4 is 4.57 Å². The first-order valence-electron chi connectivity index (χ1n) is 4.51. The Kier molecular flexibility index (Phi) is 4.79. The Balaban J connectivity index is 2.27. The topological polar surface area (TPSA) is 7.12 Å². The average Bonchev–Trinajstić information content (AvgIpc) is 2.17. The van der Waals surface area contributed by atoms with Gasteiger partial charge in [0.2, 0.25) is 0 Å². The van der Waals surface area contributed by atoms with E-state index in [1.54, 1.807) is 0 Å². The zero-order valence-corrected chi connectivity index (χ0v) is 8.74. The highest BCUT2D eigenvalue weighted by molar-refractivity contribution is 6.18. The molecule has 0 N–H and O–H groups in total. The number of alkyl halides is 1. The summed E-state index contributed by atoms with van der Waals surface area (Å²) in [5, 5.41) is 0. The molecule has 0 aliphatic heterocycles. The number of nitrogens with zero attached hydrogens (tertiary/aromatic N) is 2. The fourth-order valence-electron chi connectivity index (χ4n) is 1.13. The summed E-state index contributed by atoms with van der Waals surface area (Å²) in [7, 11) is 2.09. The molecule has 0 saturated heterocycles. The molecule has 0 fully saturated rings. The second kappa shape index (κ2) is 5.95. The van der Waals surface area contributed by atoms with Gasteiger partial charge in [-0.3, -0.25) is 4.90 Å². The van der Waals surface area contributed by atoms with Gasteiger partial charge in [-0.25, -0.2) is 4.57 Å². The van der Waals surface area contributed by atoms with Gasteiger partial charge in [0.1, 0.15) is 0 Å². The smallest absolute Gasteiger partial charge is 0.168 e. The molecule has 0 radical (unpaired) electrons. The maximum absolute atomic E-state index is 5.63. The van der Waals surface area contributed by atoms with Gasteiger partial charge < -0.3 is 0 Å². The van der Waals surface area contributed by atoms with Crippen LogP contribution in [-0.4, -0.2) is 30.9 Å². The van der Waals surface area contributed by atoms with Crippen LogP contribution in [0, 0.1) is 0 Å². The van der Waals surface area contributed by atoms with E-state index in [-0.39, 0.29) is 0 Å². The zero-order valence-electron chi connectivity index (χ0n) is 7.99. The van der Waals surface area contributed by atoms with Crippen LogP contribution in [0.5, 0.6) is 0 Å². The molecule has 0 aliphatic carbocycles. The lowest BCUT2D eigenvalue weighted by atomic mass is 10.4. The molecule has 3 heteroatoms. The molecule has 0 aromatic carbocycles. The summed E-state index contributed by atoms with van der Waals surface area (Å²) in [5.41, 5.74) is 0. The van der Waals surface area contributed by atoms with Gasteiger partial charge in [-0.15, -0.1) is 11.6 Å². The van der Waals surface area contributed by atoms with Crippen molar-refractivity contribution < 1.29 is 4.57 Å². The van der Waals surface area contributed by atoms with Crippen molar-refractivity contribution in [3.63, 3.8) is 0 Å². The van der Waals surface area contributed by atoms with Crippen LogP contribution >= 0.6 is 11.6 Å². The zero-order chi connectivity index (χ0) is 9.52. The summed E-state index contributed by atoms with van der Waals surface area (Å²) in [5.74, 6) is 0.704. The maximum Gasteiger partial charge on any atom is 0.168 e. The van der Waals surface area contributed by atoms with Gasteiger partial charge in [0.15, 0.2) is 18.9 Å². The van der Waals surface area contributed by atoms with Crippen LogP contribution in [0.1, 0.15) is 0 Å². The lowest BCUT2D eigenvalue weighted by Crippen LogP contribution is -2.39. The normalized spacial score (nSPS) is 10.7. The van der Waals surface area contributed by atoms with Crippen LogP contribution in [0.25, 0.3) is 0 Å². The summed E-state index contributed by atoms with van der Waals surface area (Å²) >= 11 is 5.63. The third kappa shape index (κ3) is 4.25.